The lowest BCUT2D eigenvalue weighted by atomic mass is 10.1. The van der Waals surface area contributed by atoms with Crippen molar-refractivity contribution in [2.24, 2.45) is 0 Å². The molecule has 0 saturated heterocycles. The van der Waals surface area contributed by atoms with E-state index in [1.807, 2.05) is 18.2 Å². The lowest BCUT2D eigenvalue weighted by molar-refractivity contribution is 0.709. The van der Waals surface area contributed by atoms with Crippen LogP contribution in [0.5, 0.6) is 0 Å². The molecule has 3 heteroatoms. The first kappa shape index (κ1) is 11.3. The highest BCUT2D eigenvalue weighted by atomic mass is 35.5. The molecule has 0 fully saturated rings. The van der Waals surface area contributed by atoms with Crippen LogP contribution >= 0.6 is 11.6 Å². The van der Waals surface area contributed by atoms with Crippen LogP contribution in [0.15, 0.2) is 24.3 Å². The molecule has 2 rings (SSSR count). The number of rotatable bonds is 4. The maximum absolute atomic E-state index is 5.91. The molecule has 84 valence electrons. The number of para-hydroxylation sites is 1. The molecule has 0 aliphatic heterocycles. The van der Waals surface area contributed by atoms with Crippen molar-refractivity contribution in [3.8, 4) is 0 Å². The number of hydrogen-bond donors (Lipinski definition) is 0. The standard InChI is InChI=1S/C13H15ClN2/c1-2-3-4-8-11-10-7-5-6-9-12(10)16-13(14)15-11/h5-7,9H,2-4,8H2,1H3. The summed E-state index contributed by atoms with van der Waals surface area (Å²) in [5.41, 5.74) is 2.01. The van der Waals surface area contributed by atoms with Crippen LogP contribution in [0, 0.1) is 0 Å². The number of unbranched alkanes of at least 4 members (excludes halogenated alkanes) is 2. The Kier molecular flexibility index (Phi) is 3.73. The van der Waals surface area contributed by atoms with E-state index in [0.717, 1.165) is 29.4 Å². The summed E-state index contributed by atoms with van der Waals surface area (Å²) < 4.78 is 0. The van der Waals surface area contributed by atoms with E-state index in [-0.39, 0.29) is 0 Å². The maximum atomic E-state index is 5.91. The quantitative estimate of drug-likeness (QED) is 0.590. The second-order valence-corrected chi connectivity index (χ2v) is 4.25. The topological polar surface area (TPSA) is 25.8 Å². The van der Waals surface area contributed by atoms with Crippen molar-refractivity contribution in [2.75, 3.05) is 0 Å². The molecular weight excluding hydrogens is 220 g/mol. The Balaban J connectivity index is 2.34. The van der Waals surface area contributed by atoms with Gasteiger partial charge in [0.15, 0.2) is 0 Å². The normalized spacial score (nSPS) is 10.9. The van der Waals surface area contributed by atoms with Gasteiger partial charge in [-0.15, -0.1) is 0 Å². The Morgan fingerprint density at radius 1 is 1.12 bits per heavy atom. The summed E-state index contributed by atoms with van der Waals surface area (Å²) in [5, 5.41) is 1.48. The summed E-state index contributed by atoms with van der Waals surface area (Å²) in [6.45, 7) is 2.20. The maximum Gasteiger partial charge on any atom is 0.223 e. The van der Waals surface area contributed by atoms with Gasteiger partial charge in [-0.2, -0.15) is 0 Å². The van der Waals surface area contributed by atoms with Gasteiger partial charge in [0.25, 0.3) is 0 Å². The molecular formula is C13H15ClN2. The number of aromatic nitrogens is 2. The lowest BCUT2D eigenvalue weighted by Crippen LogP contribution is -1.95. The fraction of sp³-hybridized carbons (Fsp3) is 0.385. The van der Waals surface area contributed by atoms with Crippen molar-refractivity contribution in [3.63, 3.8) is 0 Å². The third kappa shape index (κ3) is 2.50. The number of aryl methyl sites for hydroxylation is 1. The number of hydrogen-bond acceptors (Lipinski definition) is 2. The second kappa shape index (κ2) is 5.26. The summed E-state index contributed by atoms with van der Waals surface area (Å²) in [6, 6.07) is 8.03. The molecule has 16 heavy (non-hydrogen) atoms. The SMILES string of the molecule is CCCCCc1nc(Cl)nc2ccccc12. The van der Waals surface area contributed by atoms with E-state index in [2.05, 4.69) is 23.0 Å². The van der Waals surface area contributed by atoms with E-state index in [1.54, 1.807) is 0 Å². The van der Waals surface area contributed by atoms with Gasteiger partial charge in [0.05, 0.1) is 11.2 Å². The molecule has 0 bridgehead atoms. The smallest absolute Gasteiger partial charge is 0.222 e. The summed E-state index contributed by atoms with van der Waals surface area (Å²) in [5.74, 6) is 0. The first-order chi connectivity index (χ1) is 7.81. The Hall–Kier alpha value is -1.15. The van der Waals surface area contributed by atoms with Crippen molar-refractivity contribution in [1.29, 1.82) is 0 Å². The highest BCUT2D eigenvalue weighted by molar-refractivity contribution is 6.28. The number of nitrogens with zero attached hydrogens (tertiary/aromatic N) is 2. The van der Waals surface area contributed by atoms with Gasteiger partial charge in [-0.1, -0.05) is 38.0 Å². The summed E-state index contributed by atoms with van der Waals surface area (Å²) in [6.07, 6.45) is 4.59. The summed E-state index contributed by atoms with van der Waals surface area (Å²) in [4.78, 5) is 8.55. The van der Waals surface area contributed by atoms with Crippen LogP contribution in [0.3, 0.4) is 0 Å². The van der Waals surface area contributed by atoms with Crippen molar-refractivity contribution in [3.05, 3.63) is 35.2 Å². The van der Waals surface area contributed by atoms with Crippen LogP contribution in [0.1, 0.15) is 31.9 Å². The molecule has 0 amide bonds. The first-order valence-corrected chi connectivity index (χ1v) is 6.10. The third-order valence-corrected chi connectivity index (χ3v) is 2.84. The zero-order valence-corrected chi connectivity index (χ0v) is 10.2. The monoisotopic (exact) mass is 234 g/mol. The average molecular weight is 235 g/mol. The Morgan fingerprint density at radius 2 is 1.94 bits per heavy atom. The summed E-state index contributed by atoms with van der Waals surface area (Å²) in [7, 11) is 0. The molecule has 0 radical (unpaired) electrons. The molecule has 0 aliphatic carbocycles. The number of fused-ring (bicyclic) bond motifs is 1. The zero-order valence-electron chi connectivity index (χ0n) is 9.41. The predicted octanol–water partition coefficient (Wildman–Crippen LogP) is 4.02. The predicted molar refractivity (Wildman–Crippen MR) is 67.8 cm³/mol. The van der Waals surface area contributed by atoms with Crippen molar-refractivity contribution in [1.82, 2.24) is 9.97 Å². The van der Waals surface area contributed by atoms with E-state index in [1.165, 1.54) is 12.8 Å². The minimum Gasteiger partial charge on any atom is -0.222 e. The molecule has 2 nitrogen and oxygen atoms in total. The molecule has 1 aromatic heterocycles. The average Bonchev–Trinajstić information content (AvgIpc) is 2.29. The molecule has 0 N–H and O–H groups in total. The van der Waals surface area contributed by atoms with Crippen molar-refractivity contribution >= 4 is 22.5 Å². The molecule has 1 heterocycles. The zero-order chi connectivity index (χ0) is 11.4. The van der Waals surface area contributed by atoms with Gasteiger partial charge in [0.1, 0.15) is 0 Å². The van der Waals surface area contributed by atoms with E-state index in [0.29, 0.717) is 5.28 Å². The van der Waals surface area contributed by atoms with Crippen molar-refractivity contribution in [2.45, 2.75) is 32.6 Å². The van der Waals surface area contributed by atoms with E-state index < -0.39 is 0 Å². The van der Waals surface area contributed by atoms with Gasteiger partial charge >= 0.3 is 0 Å². The molecule has 0 unspecified atom stereocenters. The largest absolute Gasteiger partial charge is 0.223 e. The van der Waals surface area contributed by atoms with Crippen LogP contribution < -0.4 is 0 Å². The van der Waals surface area contributed by atoms with Gasteiger partial charge in [0, 0.05) is 5.39 Å². The van der Waals surface area contributed by atoms with Gasteiger partial charge in [-0.05, 0) is 30.5 Å². The van der Waals surface area contributed by atoms with E-state index in [9.17, 15) is 0 Å². The van der Waals surface area contributed by atoms with Crippen LogP contribution in [-0.4, -0.2) is 9.97 Å². The molecule has 0 atom stereocenters. The molecule has 0 saturated carbocycles. The van der Waals surface area contributed by atoms with Gasteiger partial charge < -0.3 is 0 Å². The lowest BCUT2D eigenvalue weighted by Gasteiger charge is -2.05. The fourth-order valence-electron chi connectivity index (χ4n) is 1.84. The molecule has 2 aromatic rings. The van der Waals surface area contributed by atoms with Crippen LogP contribution in [0.2, 0.25) is 5.28 Å². The van der Waals surface area contributed by atoms with E-state index in [4.69, 9.17) is 11.6 Å². The Morgan fingerprint density at radius 3 is 2.75 bits per heavy atom. The number of benzene rings is 1. The fourth-order valence-corrected chi connectivity index (χ4v) is 2.04. The molecule has 1 aromatic carbocycles. The van der Waals surface area contributed by atoms with Crippen LogP contribution in [-0.2, 0) is 6.42 Å². The third-order valence-electron chi connectivity index (χ3n) is 2.67. The van der Waals surface area contributed by atoms with Crippen molar-refractivity contribution < 1.29 is 0 Å². The first-order valence-electron chi connectivity index (χ1n) is 5.72. The van der Waals surface area contributed by atoms with E-state index >= 15 is 0 Å². The minimum atomic E-state index is 0.352. The Bertz CT molecular complexity index is 482. The van der Waals surface area contributed by atoms with Crippen LogP contribution in [0.25, 0.3) is 10.9 Å². The Labute approximate surface area is 101 Å². The highest BCUT2D eigenvalue weighted by Gasteiger charge is 2.05. The highest BCUT2D eigenvalue weighted by Crippen LogP contribution is 2.19. The molecule has 0 aliphatic rings. The minimum absolute atomic E-state index is 0.352. The van der Waals surface area contributed by atoms with Gasteiger partial charge in [0.2, 0.25) is 5.28 Å². The van der Waals surface area contributed by atoms with Gasteiger partial charge in [-0.3, -0.25) is 0 Å². The van der Waals surface area contributed by atoms with Crippen LogP contribution in [0.4, 0.5) is 0 Å². The molecule has 0 spiro atoms. The second-order valence-electron chi connectivity index (χ2n) is 3.91. The number of halogens is 1. The summed E-state index contributed by atoms with van der Waals surface area (Å²) >= 11 is 5.91. The van der Waals surface area contributed by atoms with Gasteiger partial charge in [-0.25, -0.2) is 9.97 Å².